The second kappa shape index (κ2) is 6.88. The van der Waals surface area contributed by atoms with E-state index >= 15 is 0 Å². The lowest BCUT2D eigenvalue weighted by atomic mass is 10.0. The molecule has 0 aliphatic carbocycles. The minimum atomic E-state index is -0.999. The van der Waals surface area contributed by atoms with Gasteiger partial charge in [0, 0.05) is 29.7 Å². The van der Waals surface area contributed by atoms with Crippen molar-refractivity contribution >= 4 is 11.8 Å². The van der Waals surface area contributed by atoms with Crippen LogP contribution in [0, 0.1) is 0 Å². The van der Waals surface area contributed by atoms with Crippen molar-refractivity contribution in [1.29, 1.82) is 0 Å². The van der Waals surface area contributed by atoms with Crippen molar-refractivity contribution < 1.29 is 15.0 Å². The summed E-state index contributed by atoms with van der Waals surface area (Å²) in [5, 5.41) is 20.2. The molecule has 126 valence electrons. The summed E-state index contributed by atoms with van der Waals surface area (Å²) in [6, 6.07) is 10.4. The van der Waals surface area contributed by atoms with Crippen molar-refractivity contribution in [1.82, 2.24) is 9.88 Å². The Hall–Kier alpha value is -2.60. The highest BCUT2D eigenvalue weighted by Crippen LogP contribution is 2.34. The third-order valence-corrected chi connectivity index (χ3v) is 4.61. The fraction of sp³-hybridized carbons (Fsp3) is 0.333. The number of benzene rings is 1. The Bertz CT molecular complexity index is 690. The van der Waals surface area contributed by atoms with E-state index in [0.29, 0.717) is 24.1 Å². The number of hydrogen-bond donors (Lipinski definition) is 3. The zero-order valence-electron chi connectivity index (χ0n) is 13.2. The monoisotopic (exact) mass is 327 g/mol. The number of nitrogens with zero attached hydrogens (tertiary/aromatic N) is 2. The molecule has 0 bridgehead atoms. The van der Waals surface area contributed by atoms with Gasteiger partial charge in [0.15, 0.2) is 0 Å². The van der Waals surface area contributed by atoms with Gasteiger partial charge in [0.2, 0.25) is 0 Å². The van der Waals surface area contributed by atoms with Crippen molar-refractivity contribution in [2.75, 3.05) is 5.73 Å². The number of pyridine rings is 1. The van der Waals surface area contributed by atoms with E-state index in [1.807, 2.05) is 24.3 Å². The second-order valence-corrected chi connectivity index (χ2v) is 6.17. The fourth-order valence-electron chi connectivity index (χ4n) is 3.42. The summed E-state index contributed by atoms with van der Waals surface area (Å²) >= 11 is 0. The highest BCUT2D eigenvalue weighted by molar-refractivity contribution is 5.66. The molecule has 2 aromatic rings. The van der Waals surface area contributed by atoms with Crippen LogP contribution < -0.4 is 5.73 Å². The van der Waals surface area contributed by atoms with Gasteiger partial charge in [-0.05, 0) is 43.0 Å². The third-order valence-electron chi connectivity index (χ3n) is 4.61. The highest BCUT2D eigenvalue weighted by atomic mass is 16.4. The first kappa shape index (κ1) is 16.3. The van der Waals surface area contributed by atoms with Crippen LogP contribution in [0.4, 0.5) is 10.5 Å². The van der Waals surface area contributed by atoms with Crippen molar-refractivity contribution in [2.45, 2.75) is 37.5 Å². The standard InChI is InChI=1S/C18H21N3O3/c19-14-5-3-12(4-6-14)10-15-7-8-16(21(15)18(23)24)17(22)13-2-1-9-20-11-13/h1-6,9,11,15-17,22H,7-8,10,19H2,(H,23,24)/t15-,16+,17+/m0/s1. The maximum Gasteiger partial charge on any atom is 0.407 e. The Morgan fingerprint density at radius 1 is 1.29 bits per heavy atom. The molecule has 1 aromatic carbocycles. The van der Waals surface area contributed by atoms with E-state index in [2.05, 4.69) is 4.98 Å². The number of anilines is 1. The molecule has 1 saturated heterocycles. The summed E-state index contributed by atoms with van der Waals surface area (Å²) in [5.41, 5.74) is 8.06. The lowest BCUT2D eigenvalue weighted by molar-refractivity contribution is 0.0539. The normalized spacial score (nSPS) is 21.6. The lowest BCUT2D eigenvalue weighted by Gasteiger charge is -2.30. The minimum absolute atomic E-state index is 0.151. The average Bonchev–Trinajstić information content (AvgIpc) is 3.01. The van der Waals surface area contributed by atoms with E-state index < -0.39 is 18.2 Å². The molecule has 0 radical (unpaired) electrons. The molecular weight excluding hydrogens is 306 g/mol. The summed E-state index contributed by atoms with van der Waals surface area (Å²) < 4.78 is 0. The average molecular weight is 327 g/mol. The number of rotatable bonds is 4. The molecule has 1 aromatic heterocycles. The molecular formula is C18H21N3O3. The van der Waals surface area contributed by atoms with Crippen molar-refractivity contribution in [3.63, 3.8) is 0 Å². The van der Waals surface area contributed by atoms with Gasteiger partial charge in [-0.25, -0.2) is 4.79 Å². The fourth-order valence-corrected chi connectivity index (χ4v) is 3.42. The minimum Gasteiger partial charge on any atom is -0.465 e. The van der Waals surface area contributed by atoms with Crippen LogP contribution in [0.3, 0.4) is 0 Å². The van der Waals surface area contributed by atoms with Gasteiger partial charge in [0.25, 0.3) is 0 Å². The first-order chi connectivity index (χ1) is 11.6. The van der Waals surface area contributed by atoms with E-state index in [-0.39, 0.29) is 6.04 Å². The van der Waals surface area contributed by atoms with Gasteiger partial charge in [-0.15, -0.1) is 0 Å². The first-order valence-corrected chi connectivity index (χ1v) is 8.00. The summed E-state index contributed by atoms with van der Waals surface area (Å²) in [7, 11) is 0. The molecule has 1 aliphatic rings. The third kappa shape index (κ3) is 3.33. The van der Waals surface area contributed by atoms with Crippen molar-refractivity contribution in [2.24, 2.45) is 0 Å². The molecule has 1 aliphatic heterocycles. The number of likely N-dealkylation sites (tertiary alicyclic amines) is 1. The molecule has 6 nitrogen and oxygen atoms in total. The van der Waals surface area contributed by atoms with Crippen LogP contribution in [0.25, 0.3) is 0 Å². The maximum atomic E-state index is 11.8. The second-order valence-electron chi connectivity index (χ2n) is 6.17. The smallest absolute Gasteiger partial charge is 0.407 e. The van der Waals surface area contributed by atoms with Crippen molar-refractivity contribution in [3.05, 3.63) is 59.9 Å². The van der Waals surface area contributed by atoms with Crippen LogP contribution in [-0.4, -0.2) is 38.3 Å². The van der Waals surface area contributed by atoms with Gasteiger partial charge in [0.1, 0.15) is 6.10 Å². The number of aliphatic hydroxyl groups is 1. The topological polar surface area (TPSA) is 99.7 Å². The molecule has 1 fully saturated rings. The molecule has 0 unspecified atom stereocenters. The zero-order valence-corrected chi connectivity index (χ0v) is 13.2. The van der Waals surface area contributed by atoms with Crippen LogP contribution in [0.2, 0.25) is 0 Å². The van der Waals surface area contributed by atoms with Crippen LogP contribution >= 0.6 is 0 Å². The molecule has 6 heteroatoms. The van der Waals surface area contributed by atoms with Gasteiger partial charge in [-0.2, -0.15) is 0 Å². The molecule has 3 rings (SSSR count). The Morgan fingerprint density at radius 2 is 2.04 bits per heavy atom. The van der Waals surface area contributed by atoms with Gasteiger partial charge in [0.05, 0.1) is 6.04 Å². The predicted octanol–water partition coefficient (Wildman–Crippen LogP) is 2.45. The summed E-state index contributed by atoms with van der Waals surface area (Å²) in [4.78, 5) is 17.2. The van der Waals surface area contributed by atoms with Crippen LogP contribution in [0.5, 0.6) is 0 Å². The van der Waals surface area contributed by atoms with Crippen LogP contribution in [0.1, 0.15) is 30.1 Å². The van der Waals surface area contributed by atoms with E-state index in [9.17, 15) is 15.0 Å². The molecule has 3 atom stereocenters. The zero-order chi connectivity index (χ0) is 17.1. The van der Waals surface area contributed by atoms with E-state index in [4.69, 9.17) is 5.73 Å². The highest BCUT2D eigenvalue weighted by Gasteiger charge is 2.41. The van der Waals surface area contributed by atoms with E-state index in [1.54, 1.807) is 24.5 Å². The van der Waals surface area contributed by atoms with Gasteiger partial charge >= 0.3 is 6.09 Å². The Balaban J connectivity index is 1.78. The van der Waals surface area contributed by atoms with E-state index in [0.717, 1.165) is 12.0 Å². The maximum absolute atomic E-state index is 11.8. The lowest BCUT2D eigenvalue weighted by Crippen LogP contribution is -2.44. The number of hydrogen-bond acceptors (Lipinski definition) is 4. The summed E-state index contributed by atoms with van der Waals surface area (Å²) in [6.07, 6.45) is 3.30. The number of nitrogen functional groups attached to an aromatic ring is 1. The largest absolute Gasteiger partial charge is 0.465 e. The van der Waals surface area contributed by atoms with Gasteiger partial charge < -0.3 is 15.9 Å². The number of aliphatic hydroxyl groups excluding tert-OH is 1. The number of amides is 1. The molecule has 0 saturated carbocycles. The molecule has 0 spiro atoms. The van der Waals surface area contributed by atoms with Gasteiger partial charge in [-0.1, -0.05) is 18.2 Å². The molecule has 1 amide bonds. The number of carbonyl (C=O) groups is 1. The molecule has 4 N–H and O–H groups in total. The van der Waals surface area contributed by atoms with Crippen molar-refractivity contribution in [3.8, 4) is 0 Å². The van der Waals surface area contributed by atoms with Gasteiger partial charge in [-0.3, -0.25) is 9.88 Å². The molecule has 2 heterocycles. The summed E-state index contributed by atoms with van der Waals surface area (Å²) in [6.45, 7) is 0. The quantitative estimate of drug-likeness (QED) is 0.749. The first-order valence-electron chi connectivity index (χ1n) is 8.00. The molecule has 24 heavy (non-hydrogen) atoms. The Labute approximate surface area is 140 Å². The predicted molar refractivity (Wildman–Crippen MR) is 90.4 cm³/mol. The Kier molecular flexibility index (Phi) is 4.66. The van der Waals surface area contributed by atoms with Crippen LogP contribution in [0.15, 0.2) is 48.8 Å². The number of nitrogens with two attached hydrogens (primary N) is 1. The number of carboxylic acid groups (broad SMARTS) is 1. The van der Waals surface area contributed by atoms with E-state index in [1.165, 1.54) is 4.90 Å². The summed E-state index contributed by atoms with van der Waals surface area (Å²) in [5.74, 6) is 0. The SMILES string of the molecule is Nc1ccc(C[C@@H]2CC[C@H]([C@H](O)c3cccnc3)N2C(=O)O)cc1. The Morgan fingerprint density at radius 3 is 2.67 bits per heavy atom. The van der Waals surface area contributed by atoms with Crippen LogP contribution in [-0.2, 0) is 6.42 Å². The number of aromatic nitrogens is 1.